The summed E-state index contributed by atoms with van der Waals surface area (Å²) in [6, 6.07) is 68.6. The van der Waals surface area contributed by atoms with Crippen molar-refractivity contribution in [2.24, 2.45) is 0 Å². The van der Waals surface area contributed by atoms with Gasteiger partial charge in [0.1, 0.15) is 0 Å². The third kappa shape index (κ3) is 4.07. The highest BCUT2D eigenvalue weighted by Gasteiger charge is 2.51. The Bertz CT molecular complexity index is 2480. The van der Waals surface area contributed by atoms with Gasteiger partial charge in [-0.2, -0.15) is 0 Å². The van der Waals surface area contributed by atoms with Gasteiger partial charge in [-0.25, -0.2) is 0 Å². The van der Waals surface area contributed by atoms with Crippen LogP contribution < -0.4 is 10.2 Å². The number of nitrogens with one attached hydrogen (secondary N) is 1. The summed E-state index contributed by atoms with van der Waals surface area (Å²) in [5.74, 6) is 0. The van der Waals surface area contributed by atoms with Crippen molar-refractivity contribution in [3.63, 3.8) is 0 Å². The van der Waals surface area contributed by atoms with Gasteiger partial charge in [-0.05, 0) is 104 Å². The van der Waals surface area contributed by atoms with Crippen LogP contribution in [-0.2, 0) is 5.41 Å². The van der Waals surface area contributed by atoms with Crippen LogP contribution in [0.1, 0.15) is 22.3 Å². The number of hydrogen-bond donors (Lipinski definition) is 1. The van der Waals surface area contributed by atoms with Gasteiger partial charge in [0.05, 0.1) is 11.1 Å². The smallest absolute Gasteiger partial charge is 0.0727 e. The normalized spacial score (nSPS) is 13.1. The number of anilines is 5. The van der Waals surface area contributed by atoms with Gasteiger partial charge in [0.15, 0.2) is 0 Å². The minimum atomic E-state index is -0.469. The van der Waals surface area contributed by atoms with Crippen molar-refractivity contribution in [2.75, 3.05) is 10.2 Å². The Labute approximate surface area is 286 Å². The second-order valence-electron chi connectivity index (χ2n) is 13.0. The first kappa shape index (κ1) is 27.7. The average Bonchev–Trinajstić information content (AvgIpc) is 3.63. The lowest BCUT2D eigenvalue weighted by Crippen LogP contribution is -2.26. The summed E-state index contributed by atoms with van der Waals surface area (Å²) in [4.78, 5) is 2.43. The van der Waals surface area contributed by atoms with E-state index < -0.39 is 5.41 Å². The number of rotatable bonds is 5. The summed E-state index contributed by atoms with van der Waals surface area (Å²) in [5.41, 5.74) is 15.6. The highest BCUT2D eigenvalue weighted by molar-refractivity contribution is 6.01. The Morgan fingerprint density at radius 3 is 1.69 bits per heavy atom. The third-order valence-electron chi connectivity index (χ3n) is 10.4. The number of para-hydroxylation sites is 2. The summed E-state index contributed by atoms with van der Waals surface area (Å²) < 4.78 is 0. The largest absolute Gasteiger partial charge is 0.356 e. The molecule has 8 aromatic carbocycles. The predicted octanol–water partition coefficient (Wildman–Crippen LogP) is 12.4. The summed E-state index contributed by atoms with van der Waals surface area (Å²) in [7, 11) is 0. The molecule has 0 unspecified atom stereocenters. The molecule has 1 spiro atoms. The van der Waals surface area contributed by atoms with Crippen LogP contribution in [0.3, 0.4) is 0 Å². The zero-order valence-electron chi connectivity index (χ0n) is 26.8. The predicted molar refractivity (Wildman–Crippen MR) is 205 cm³/mol. The van der Waals surface area contributed by atoms with Crippen LogP contribution in [0.15, 0.2) is 188 Å². The monoisotopic (exact) mass is 624 g/mol. The molecule has 0 atom stereocenters. The molecule has 10 rings (SSSR count). The first-order chi connectivity index (χ1) is 24.3. The van der Waals surface area contributed by atoms with Crippen LogP contribution >= 0.6 is 0 Å². The molecule has 0 radical (unpaired) electrons. The van der Waals surface area contributed by atoms with Crippen molar-refractivity contribution in [2.45, 2.75) is 5.41 Å². The minimum absolute atomic E-state index is 0.469. The SMILES string of the molecule is c1ccc(Nc2ccc3c(c2)C2(c4ccccc4-c4ccccc42)c2cc(N(c4ccccc4)c4cccc5ccccc45)ccc2-3)cc1. The van der Waals surface area contributed by atoms with E-state index in [1.807, 2.05) is 0 Å². The van der Waals surface area contributed by atoms with E-state index in [9.17, 15) is 0 Å². The summed E-state index contributed by atoms with van der Waals surface area (Å²) in [6.07, 6.45) is 0. The Hall–Kier alpha value is -6.38. The Kier molecular flexibility index (Phi) is 6.13. The van der Waals surface area contributed by atoms with Crippen molar-refractivity contribution < 1.29 is 0 Å². The lowest BCUT2D eigenvalue weighted by Gasteiger charge is -2.32. The van der Waals surface area contributed by atoms with Crippen LogP contribution in [0, 0.1) is 0 Å². The van der Waals surface area contributed by atoms with Crippen molar-refractivity contribution in [3.8, 4) is 22.3 Å². The van der Waals surface area contributed by atoms with E-state index in [2.05, 4.69) is 198 Å². The number of nitrogens with zero attached hydrogens (tertiary/aromatic N) is 1. The highest BCUT2D eigenvalue weighted by atomic mass is 15.1. The van der Waals surface area contributed by atoms with E-state index >= 15 is 0 Å². The maximum Gasteiger partial charge on any atom is 0.0727 e. The van der Waals surface area contributed by atoms with E-state index in [4.69, 9.17) is 0 Å². The molecule has 2 aliphatic carbocycles. The van der Waals surface area contributed by atoms with Crippen molar-refractivity contribution in [3.05, 3.63) is 210 Å². The van der Waals surface area contributed by atoms with Gasteiger partial charge in [0.25, 0.3) is 0 Å². The molecule has 0 amide bonds. The molecule has 1 N–H and O–H groups in total. The molecular weight excluding hydrogens is 593 g/mol. The Morgan fingerprint density at radius 1 is 0.367 bits per heavy atom. The van der Waals surface area contributed by atoms with E-state index in [-0.39, 0.29) is 0 Å². The van der Waals surface area contributed by atoms with E-state index in [0.29, 0.717) is 0 Å². The van der Waals surface area contributed by atoms with E-state index in [1.54, 1.807) is 0 Å². The van der Waals surface area contributed by atoms with Crippen LogP contribution in [0.2, 0.25) is 0 Å². The highest BCUT2D eigenvalue weighted by Crippen LogP contribution is 2.63. The molecule has 2 nitrogen and oxygen atoms in total. The maximum absolute atomic E-state index is 3.70. The van der Waals surface area contributed by atoms with Crippen LogP contribution in [0.25, 0.3) is 33.0 Å². The van der Waals surface area contributed by atoms with E-state index in [0.717, 1.165) is 28.4 Å². The summed E-state index contributed by atoms with van der Waals surface area (Å²) in [5, 5.41) is 6.14. The molecule has 0 fully saturated rings. The second-order valence-corrected chi connectivity index (χ2v) is 13.0. The lowest BCUT2D eigenvalue weighted by atomic mass is 9.70. The molecule has 2 heteroatoms. The van der Waals surface area contributed by atoms with Gasteiger partial charge < -0.3 is 10.2 Å². The fourth-order valence-electron chi connectivity index (χ4n) is 8.44. The molecule has 49 heavy (non-hydrogen) atoms. The molecule has 0 saturated heterocycles. The van der Waals surface area contributed by atoms with Gasteiger partial charge in [-0.1, -0.05) is 133 Å². The van der Waals surface area contributed by atoms with Crippen LogP contribution in [-0.4, -0.2) is 0 Å². The first-order valence-electron chi connectivity index (χ1n) is 16.9. The molecule has 2 aliphatic rings. The zero-order chi connectivity index (χ0) is 32.4. The zero-order valence-corrected chi connectivity index (χ0v) is 26.8. The molecule has 230 valence electrons. The van der Waals surface area contributed by atoms with E-state index in [1.165, 1.54) is 55.3 Å². The number of hydrogen-bond acceptors (Lipinski definition) is 2. The quantitative estimate of drug-likeness (QED) is 0.205. The fraction of sp³-hybridized carbons (Fsp3) is 0.0213. The van der Waals surface area contributed by atoms with Gasteiger partial charge in [0.2, 0.25) is 0 Å². The minimum Gasteiger partial charge on any atom is -0.356 e. The number of fused-ring (bicyclic) bond motifs is 11. The Balaban J connectivity index is 1.26. The molecular formula is C47H32N2. The fourth-order valence-corrected chi connectivity index (χ4v) is 8.44. The van der Waals surface area contributed by atoms with Gasteiger partial charge in [0, 0.05) is 28.1 Å². The average molecular weight is 625 g/mol. The molecule has 0 aliphatic heterocycles. The lowest BCUT2D eigenvalue weighted by molar-refractivity contribution is 0.794. The molecule has 0 aromatic heterocycles. The molecule has 0 saturated carbocycles. The maximum atomic E-state index is 3.70. The topological polar surface area (TPSA) is 15.3 Å². The van der Waals surface area contributed by atoms with Crippen molar-refractivity contribution in [1.29, 1.82) is 0 Å². The Morgan fingerprint density at radius 2 is 0.939 bits per heavy atom. The van der Waals surface area contributed by atoms with Crippen molar-refractivity contribution in [1.82, 2.24) is 0 Å². The molecule has 0 heterocycles. The summed E-state index contributed by atoms with van der Waals surface area (Å²) >= 11 is 0. The van der Waals surface area contributed by atoms with Crippen LogP contribution in [0.4, 0.5) is 28.4 Å². The first-order valence-corrected chi connectivity index (χ1v) is 16.9. The summed E-state index contributed by atoms with van der Waals surface area (Å²) in [6.45, 7) is 0. The van der Waals surface area contributed by atoms with Gasteiger partial charge >= 0.3 is 0 Å². The molecule has 8 aromatic rings. The number of benzene rings is 8. The van der Waals surface area contributed by atoms with Gasteiger partial charge in [-0.15, -0.1) is 0 Å². The van der Waals surface area contributed by atoms with Crippen LogP contribution in [0.5, 0.6) is 0 Å². The molecule has 0 bridgehead atoms. The second kappa shape index (κ2) is 10.8. The standard InChI is InChI=1S/C47H32N2/c1-3-16-33(17-4-1)48-34-26-28-40-41-29-27-36(49(35-18-5-2-6-19-35)46-25-13-15-32-14-7-8-20-37(32)46)31-45(41)47(44(40)30-34)42-23-11-9-21-38(42)39-22-10-12-24-43(39)47/h1-31,48H. The van der Waals surface area contributed by atoms with Gasteiger partial charge in [-0.3, -0.25) is 0 Å². The van der Waals surface area contributed by atoms with Crippen molar-refractivity contribution >= 4 is 39.2 Å². The third-order valence-corrected chi connectivity index (χ3v) is 10.4.